The normalized spacial score (nSPS) is 19.0. The zero-order chi connectivity index (χ0) is 19.2. The number of aryl methyl sites for hydroxylation is 1. The fourth-order valence-corrected chi connectivity index (χ4v) is 3.59. The van der Waals surface area contributed by atoms with Gasteiger partial charge in [-0.25, -0.2) is 4.79 Å². The molecule has 3 rings (SSSR count). The maximum atomic E-state index is 12.4. The number of urea groups is 1. The minimum absolute atomic E-state index is 0.138. The van der Waals surface area contributed by atoms with E-state index in [1.54, 1.807) is 17.0 Å². The molecule has 7 nitrogen and oxygen atoms in total. The number of ether oxygens (including phenoxy) is 1. The molecule has 27 heavy (non-hydrogen) atoms. The molecule has 3 amide bonds. The van der Waals surface area contributed by atoms with Crippen molar-refractivity contribution >= 4 is 17.6 Å². The molecule has 0 spiro atoms. The van der Waals surface area contributed by atoms with Crippen LogP contribution < -0.4 is 15.5 Å². The largest absolute Gasteiger partial charge is 0.389 e. The topological polar surface area (TPSA) is 90.9 Å². The summed E-state index contributed by atoms with van der Waals surface area (Å²) in [6, 6.07) is 5.14. The van der Waals surface area contributed by atoms with Gasteiger partial charge >= 0.3 is 6.03 Å². The van der Waals surface area contributed by atoms with Crippen LogP contribution in [0.3, 0.4) is 0 Å². The molecular formula is C20H29N3O4. The number of aliphatic hydroxyl groups is 1. The fourth-order valence-electron chi connectivity index (χ4n) is 3.59. The molecule has 1 saturated heterocycles. The number of aliphatic hydroxyl groups excluding tert-OH is 1. The summed E-state index contributed by atoms with van der Waals surface area (Å²) < 4.78 is 5.74. The number of benzene rings is 1. The Labute approximate surface area is 160 Å². The molecule has 1 aromatic rings. The van der Waals surface area contributed by atoms with Gasteiger partial charge in [0.15, 0.2) is 0 Å². The second-order valence-corrected chi connectivity index (χ2v) is 7.34. The highest BCUT2D eigenvalue weighted by molar-refractivity contribution is 5.99. The third kappa shape index (κ3) is 5.20. The summed E-state index contributed by atoms with van der Waals surface area (Å²) >= 11 is 0. The van der Waals surface area contributed by atoms with Crippen molar-refractivity contribution in [3.63, 3.8) is 0 Å². The molecule has 1 aromatic carbocycles. The van der Waals surface area contributed by atoms with Gasteiger partial charge in [0, 0.05) is 30.9 Å². The van der Waals surface area contributed by atoms with Gasteiger partial charge < -0.3 is 20.5 Å². The van der Waals surface area contributed by atoms with E-state index < -0.39 is 6.10 Å². The lowest BCUT2D eigenvalue weighted by Gasteiger charge is -2.23. The number of rotatable bonds is 7. The van der Waals surface area contributed by atoms with Crippen LogP contribution in [0.5, 0.6) is 0 Å². The molecule has 1 atom stereocenters. The first-order valence-electron chi connectivity index (χ1n) is 9.78. The standard InChI is InChI=1S/C20H29N3O4/c1-14-7-8-15(11-18(14)23-10-9-21-20(23)26)19(25)22-12-16(24)13-27-17-5-3-2-4-6-17/h7-8,11,16-17,24H,2-6,9-10,12-13H2,1H3,(H,21,26)(H,22,25). The summed E-state index contributed by atoms with van der Waals surface area (Å²) in [5.41, 5.74) is 2.14. The van der Waals surface area contributed by atoms with E-state index in [9.17, 15) is 14.7 Å². The van der Waals surface area contributed by atoms with Gasteiger partial charge in [-0.2, -0.15) is 0 Å². The van der Waals surface area contributed by atoms with E-state index in [0.717, 1.165) is 24.1 Å². The van der Waals surface area contributed by atoms with Crippen molar-refractivity contribution in [2.45, 2.75) is 51.2 Å². The van der Waals surface area contributed by atoms with Crippen LogP contribution in [0, 0.1) is 6.92 Å². The monoisotopic (exact) mass is 375 g/mol. The quantitative estimate of drug-likeness (QED) is 0.679. The Morgan fingerprint density at radius 3 is 2.85 bits per heavy atom. The number of carbonyl (C=O) groups excluding carboxylic acids is 2. The van der Waals surface area contributed by atoms with E-state index in [1.165, 1.54) is 19.3 Å². The maximum absolute atomic E-state index is 12.4. The van der Waals surface area contributed by atoms with Crippen molar-refractivity contribution in [3.05, 3.63) is 29.3 Å². The van der Waals surface area contributed by atoms with Gasteiger partial charge in [0.25, 0.3) is 5.91 Å². The molecule has 2 fully saturated rings. The molecule has 1 heterocycles. The lowest BCUT2D eigenvalue weighted by atomic mass is 9.98. The van der Waals surface area contributed by atoms with Gasteiger partial charge in [-0.15, -0.1) is 0 Å². The van der Waals surface area contributed by atoms with Gasteiger partial charge in [-0.05, 0) is 37.5 Å². The second kappa shape index (κ2) is 9.19. The number of anilines is 1. The van der Waals surface area contributed by atoms with Crippen molar-refractivity contribution < 1.29 is 19.4 Å². The first kappa shape index (κ1) is 19.6. The Bertz CT molecular complexity index is 673. The van der Waals surface area contributed by atoms with Gasteiger partial charge in [0.1, 0.15) is 0 Å². The summed E-state index contributed by atoms with van der Waals surface area (Å²) in [4.78, 5) is 26.0. The van der Waals surface area contributed by atoms with Crippen molar-refractivity contribution in [3.8, 4) is 0 Å². The molecule has 1 aliphatic carbocycles. The van der Waals surface area contributed by atoms with Crippen molar-refractivity contribution in [2.75, 3.05) is 31.1 Å². The van der Waals surface area contributed by atoms with E-state index in [1.807, 2.05) is 13.0 Å². The van der Waals surface area contributed by atoms with E-state index in [-0.39, 0.29) is 31.2 Å². The predicted molar refractivity (Wildman–Crippen MR) is 103 cm³/mol. The highest BCUT2D eigenvalue weighted by Crippen LogP contribution is 2.23. The molecule has 1 aliphatic heterocycles. The molecule has 2 aliphatic rings. The lowest BCUT2D eigenvalue weighted by Crippen LogP contribution is -2.36. The Morgan fingerprint density at radius 1 is 1.37 bits per heavy atom. The van der Waals surface area contributed by atoms with Crippen LogP contribution in [0.2, 0.25) is 0 Å². The molecule has 3 N–H and O–H groups in total. The van der Waals surface area contributed by atoms with Crippen LogP contribution in [0.4, 0.5) is 10.5 Å². The summed E-state index contributed by atoms with van der Waals surface area (Å²) in [6.45, 7) is 3.47. The minimum atomic E-state index is -0.731. The van der Waals surface area contributed by atoms with Gasteiger partial charge in [0.2, 0.25) is 0 Å². The third-order valence-corrected chi connectivity index (χ3v) is 5.19. The van der Waals surface area contributed by atoms with Gasteiger partial charge in [-0.3, -0.25) is 9.69 Å². The zero-order valence-corrected chi connectivity index (χ0v) is 15.9. The lowest BCUT2D eigenvalue weighted by molar-refractivity contribution is -0.0225. The van der Waals surface area contributed by atoms with E-state index >= 15 is 0 Å². The van der Waals surface area contributed by atoms with Crippen LogP contribution >= 0.6 is 0 Å². The Balaban J connectivity index is 1.50. The fraction of sp³-hybridized carbons (Fsp3) is 0.600. The van der Waals surface area contributed by atoms with Crippen LogP contribution in [-0.2, 0) is 4.74 Å². The van der Waals surface area contributed by atoms with Gasteiger partial charge in [0.05, 0.1) is 18.8 Å². The number of hydrogen-bond acceptors (Lipinski definition) is 4. The molecule has 1 unspecified atom stereocenters. The number of amides is 3. The molecule has 1 saturated carbocycles. The average Bonchev–Trinajstić information content (AvgIpc) is 3.11. The highest BCUT2D eigenvalue weighted by atomic mass is 16.5. The second-order valence-electron chi connectivity index (χ2n) is 7.34. The highest BCUT2D eigenvalue weighted by Gasteiger charge is 2.23. The van der Waals surface area contributed by atoms with Crippen LogP contribution in [-0.4, -0.2) is 55.5 Å². The number of carbonyl (C=O) groups is 2. The molecular weight excluding hydrogens is 346 g/mol. The van der Waals surface area contributed by atoms with E-state index in [2.05, 4.69) is 10.6 Å². The summed E-state index contributed by atoms with van der Waals surface area (Å²) in [6.07, 6.45) is 5.23. The number of hydrogen-bond donors (Lipinski definition) is 3. The molecule has 0 aromatic heterocycles. The number of nitrogens with zero attached hydrogens (tertiary/aromatic N) is 1. The van der Waals surface area contributed by atoms with Crippen LogP contribution in [0.15, 0.2) is 18.2 Å². The maximum Gasteiger partial charge on any atom is 0.322 e. The zero-order valence-electron chi connectivity index (χ0n) is 15.9. The molecule has 0 bridgehead atoms. The summed E-state index contributed by atoms with van der Waals surface area (Å²) in [7, 11) is 0. The SMILES string of the molecule is Cc1ccc(C(=O)NCC(O)COC2CCCCC2)cc1N1CCNC1=O. The molecule has 7 heteroatoms. The van der Waals surface area contributed by atoms with Crippen LogP contribution in [0.1, 0.15) is 48.0 Å². The third-order valence-electron chi connectivity index (χ3n) is 5.19. The Kier molecular flexibility index (Phi) is 6.68. The van der Waals surface area contributed by atoms with Crippen molar-refractivity contribution in [2.24, 2.45) is 0 Å². The predicted octanol–water partition coefficient (Wildman–Crippen LogP) is 1.96. The Hall–Kier alpha value is -2.12. The average molecular weight is 375 g/mol. The minimum Gasteiger partial charge on any atom is -0.389 e. The van der Waals surface area contributed by atoms with Crippen LogP contribution in [0.25, 0.3) is 0 Å². The van der Waals surface area contributed by atoms with Crippen molar-refractivity contribution in [1.29, 1.82) is 0 Å². The first-order chi connectivity index (χ1) is 13.0. The Morgan fingerprint density at radius 2 is 2.15 bits per heavy atom. The number of nitrogens with one attached hydrogen (secondary N) is 2. The van der Waals surface area contributed by atoms with E-state index in [4.69, 9.17) is 4.74 Å². The first-order valence-corrected chi connectivity index (χ1v) is 9.78. The molecule has 0 radical (unpaired) electrons. The van der Waals surface area contributed by atoms with Crippen molar-refractivity contribution in [1.82, 2.24) is 10.6 Å². The molecule has 148 valence electrons. The smallest absolute Gasteiger partial charge is 0.322 e. The van der Waals surface area contributed by atoms with E-state index in [0.29, 0.717) is 18.7 Å². The van der Waals surface area contributed by atoms with Gasteiger partial charge in [-0.1, -0.05) is 25.3 Å². The summed E-state index contributed by atoms with van der Waals surface area (Å²) in [5, 5.41) is 15.6. The summed E-state index contributed by atoms with van der Waals surface area (Å²) in [5.74, 6) is -0.271.